The summed E-state index contributed by atoms with van der Waals surface area (Å²) in [5.41, 5.74) is 5.81. The molecule has 0 aromatic heterocycles. The largest absolute Gasteiger partial charge is 0.493 e. The molecule has 0 amide bonds. The van der Waals surface area contributed by atoms with E-state index in [2.05, 4.69) is 68.8 Å². The van der Waals surface area contributed by atoms with E-state index >= 15 is 0 Å². The fourth-order valence-corrected chi connectivity index (χ4v) is 4.67. The summed E-state index contributed by atoms with van der Waals surface area (Å²) in [6.45, 7) is 11.2. The van der Waals surface area contributed by atoms with Gasteiger partial charge >= 0.3 is 0 Å². The first-order valence-corrected chi connectivity index (χ1v) is 11.4. The molecule has 0 radical (unpaired) electrons. The number of aliphatic imine (C=N–C) groups is 1. The first kappa shape index (κ1) is 22.7. The Hall–Kier alpha value is -3.53. The van der Waals surface area contributed by atoms with Crippen molar-refractivity contribution in [1.82, 2.24) is 0 Å². The maximum Gasteiger partial charge on any atom is 0.169 e. The molecule has 4 nitrogen and oxygen atoms in total. The number of fused-ring (bicyclic) bond motifs is 1. The molecular weight excluding hydrogens is 408 g/mol. The normalized spacial score (nSPS) is 14.9. The number of para-hydroxylation sites is 2. The maximum absolute atomic E-state index is 5.95. The molecule has 0 fully saturated rings. The summed E-state index contributed by atoms with van der Waals surface area (Å²) in [6, 6.07) is 22.4. The Morgan fingerprint density at radius 3 is 2.30 bits per heavy atom. The second-order valence-electron chi connectivity index (χ2n) is 9.23. The lowest BCUT2D eigenvalue weighted by Gasteiger charge is -2.46. The SMILES string of the molecule is COc1ccccc1Oc1ccc(N=Cc2ccc3c(c2)C(C)=CC(C)(C)N3C(C)C)cc1. The van der Waals surface area contributed by atoms with Crippen LogP contribution in [-0.4, -0.2) is 24.9 Å². The number of hydrogen-bond donors (Lipinski definition) is 0. The van der Waals surface area contributed by atoms with E-state index in [0.717, 1.165) is 17.0 Å². The van der Waals surface area contributed by atoms with Crippen LogP contribution in [-0.2, 0) is 0 Å². The number of benzene rings is 3. The van der Waals surface area contributed by atoms with Crippen LogP contribution in [0, 0.1) is 0 Å². The van der Waals surface area contributed by atoms with Crippen molar-refractivity contribution in [2.45, 2.75) is 46.2 Å². The molecule has 0 unspecified atom stereocenters. The van der Waals surface area contributed by atoms with Crippen LogP contribution < -0.4 is 14.4 Å². The lowest BCUT2D eigenvalue weighted by atomic mass is 9.87. The van der Waals surface area contributed by atoms with Gasteiger partial charge in [0.25, 0.3) is 0 Å². The zero-order valence-corrected chi connectivity index (χ0v) is 20.3. The van der Waals surface area contributed by atoms with Gasteiger partial charge in [0.05, 0.1) is 18.3 Å². The van der Waals surface area contributed by atoms with Crippen LogP contribution in [0.2, 0.25) is 0 Å². The van der Waals surface area contributed by atoms with E-state index in [1.54, 1.807) is 7.11 Å². The van der Waals surface area contributed by atoms with Gasteiger partial charge in [-0.2, -0.15) is 0 Å². The Morgan fingerprint density at radius 2 is 1.64 bits per heavy atom. The van der Waals surface area contributed by atoms with Crippen LogP contribution in [0.1, 0.15) is 45.7 Å². The van der Waals surface area contributed by atoms with Gasteiger partial charge in [-0.3, -0.25) is 4.99 Å². The third kappa shape index (κ3) is 4.80. The van der Waals surface area contributed by atoms with Crippen molar-refractivity contribution in [2.75, 3.05) is 12.0 Å². The smallest absolute Gasteiger partial charge is 0.169 e. The van der Waals surface area contributed by atoms with E-state index < -0.39 is 0 Å². The standard InChI is InChI=1S/C29H32N2O2/c1-20(2)31-26-16-11-22(17-25(26)21(3)18-29(31,4)5)19-30-23-12-14-24(15-13-23)33-28-10-8-7-9-27(28)32-6/h7-20H,1-6H3. The predicted octanol–water partition coefficient (Wildman–Crippen LogP) is 7.65. The van der Waals surface area contributed by atoms with Crippen molar-refractivity contribution < 1.29 is 9.47 Å². The average Bonchev–Trinajstić information content (AvgIpc) is 2.78. The number of nitrogens with zero attached hydrogens (tertiary/aromatic N) is 2. The van der Waals surface area contributed by atoms with Gasteiger partial charge < -0.3 is 14.4 Å². The molecule has 0 saturated heterocycles. The summed E-state index contributed by atoms with van der Waals surface area (Å²) in [6.07, 6.45) is 4.28. The van der Waals surface area contributed by atoms with Gasteiger partial charge in [0.15, 0.2) is 11.5 Å². The number of rotatable bonds is 6. The summed E-state index contributed by atoms with van der Waals surface area (Å²) in [5, 5.41) is 0. The number of ether oxygens (including phenoxy) is 2. The molecule has 0 saturated carbocycles. The van der Waals surface area contributed by atoms with Crippen LogP contribution in [0.3, 0.4) is 0 Å². The average molecular weight is 441 g/mol. The first-order chi connectivity index (χ1) is 15.8. The Morgan fingerprint density at radius 1 is 0.939 bits per heavy atom. The van der Waals surface area contributed by atoms with Gasteiger partial charge in [0.1, 0.15) is 5.75 Å². The molecule has 3 aromatic rings. The molecule has 3 aromatic carbocycles. The van der Waals surface area contributed by atoms with E-state index in [1.165, 1.54) is 16.8 Å². The minimum absolute atomic E-state index is 0.00552. The van der Waals surface area contributed by atoms with Crippen molar-refractivity contribution in [3.63, 3.8) is 0 Å². The highest BCUT2D eigenvalue weighted by atomic mass is 16.5. The number of methoxy groups -OCH3 is 1. The lowest BCUT2D eigenvalue weighted by molar-refractivity contribution is 0.379. The predicted molar refractivity (Wildman–Crippen MR) is 139 cm³/mol. The molecule has 0 aliphatic carbocycles. The minimum Gasteiger partial charge on any atom is -0.493 e. The fourth-order valence-electron chi connectivity index (χ4n) is 4.67. The molecule has 1 aliphatic rings. The van der Waals surface area contributed by atoms with Gasteiger partial charge in [0, 0.05) is 23.5 Å². The molecule has 4 heteroatoms. The second-order valence-corrected chi connectivity index (χ2v) is 9.23. The van der Waals surface area contributed by atoms with Crippen LogP contribution in [0.15, 0.2) is 77.8 Å². The highest BCUT2D eigenvalue weighted by Gasteiger charge is 2.32. The Balaban J connectivity index is 1.52. The second kappa shape index (κ2) is 9.14. The third-order valence-electron chi connectivity index (χ3n) is 5.91. The minimum atomic E-state index is -0.00552. The van der Waals surface area contributed by atoms with Crippen LogP contribution in [0.5, 0.6) is 17.2 Å². The molecule has 0 N–H and O–H groups in total. The summed E-state index contributed by atoms with van der Waals surface area (Å²) in [5.74, 6) is 2.13. The molecule has 170 valence electrons. The van der Waals surface area contributed by atoms with Crippen molar-refractivity contribution in [2.24, 2.45) is 4.99 Å². The van der Waals surface area contributed by atoms with E-state index in [9.17, 15) is 0 Å². The molecule has 0 atom stereocenters. The van der Waals surface area contributed by atoms with E-state index in [4.69, 9.17) is 9.47 Å². The van der Waals surface area contributed by atoms with Crippen LogP contribution >= 0.6 is 0 Å². The quantitative estimate of drug-likeness (QED) is 0.369. The molecule has 0 spiro atoms. The molecule has 0 bridgehead atoms. The monoisotopic (exact) mass is 440 g/mol. The first-order valence-electron chi connectivity index (χ1n) is 11.4. The maximum atomic E-state index is 5.95. The third-order valence-corrected chi connectivity index (χ3v) is 5.91. The molecular formula is C29H32N2O2. The lowest BCUT2D eigenvalue weighted by Crippen LogP contribution is -2.49. The number of anilines is 1. The van der Waals surface area contributed by atoms with E-state index in [1.807, 2.05) is 54.7 Å². The topological polar surface area (TPSA) is 34.1 Å². The van der Waals surface area contributed by atoms with E-state index in [0.29, 0.717) is 17.5 Å². The van der Waals surface area contributed by atoms with Gasteiger partial charge in [0.2, 0.25) is 0 Å². The molecule has 33 heavy (non-hydrogen) atoms. The Kier molecular flexibility index (Phi) is 6.28. The van der Waals surface area contributed by atoms with Crippen LogP contribution in [0.25, 0.3) is 5.57 Å². The molecule has 1 heterocycles. The van der Waals surface area contributed by atoms with Crippen molar-refractivity contribution in [1.29, 1.82) is 0 Å². The Labute approximate surface area is 197 Å². The van der Waals surface area contributed by atoms with Crippen molar-refractivity contribution in [3.05, 3.63) is 83.9 Å². The number of hydrogen-bond acceptors (Lipinski definition) is 4. The summed E-state index contributed by atoms with van der Waals surface area (Å²) >= 11 is 0. The molecule has 4 rings (SSSR count). The summed E-state index contributed by atoms with van der Waals surface area (Å²) in [7, 11) is 1.64. The highest BCUT2D eigenvalue weighted by Crippen LogP contribution is 2.40. The highest BCUT2D eigenvalue weighted by molar-refractivity contribution is 5.88. The van der Waals surface area contributed by atoms with Gasteiger partial charge in [-0.1, -0.05) is 24.3 Å². The van der Waals surface area contributed by atoms with E-state index in [-0.39, 0.29) is 5.54 Å². The van der Waals surface area contributed by atoms with Crippen molar-refractivity contribution in [3.8, 4) is 17.2 Å². The van der Waals surface area contributed by atoms with Gasteiger partial charge in [-0.25, -0.2) is 0 Å². The van der Waals surface area contributed by atoms with Crippen molar-refractivity contribution >= 4 is 23.2 Å². The van der Waals surface area contributed by atoms with Gasteiger partial charge in [-0.15, -0.1) is 0 Å². The summed E-state index contributed by atoms with van der Waals surface area (Å²) in [4.78, 5) is 7.16. The number of allylic oxidation sites excluding steroid dienone is 1. The van der Waals surface area contributed by atoms with Gasteiger partial charge in [-0.05, 0) is 94.3 Å². The van der Waals surface area contributed by atoms with Crippen LogP contribution in [0.4, 0.5) is 11.4 Å². The zero-order valence-electron chi connectivity index (χ0n) is 20.3. The fraction of sp³-hybridized carbons (Fsp3) is 0.276. The summed E-state index contributed by atoms with van der Waals surface area (Å²) < 4.78 is 11.3. The zero-order chi connectivity index (χ0) is 23.6. The Bertz CT molecular complexity index is 1190. The molecule has 1 aliphatic heterocycles.